The van der Waals surface area contributed by atoms with Crippen LogP contribution in [-0.2, 0) is 16.0 Å². The van der Waals surface area contributed by atoms with Crippen LogP contribution in [0.25, 0.3) is 5.70 Å². The molecule has 1 saturated heterocycles. The van der Waals surface area contributed by atoms with Gasteiger partial charge in [0.15, 0.2) is 17.2 Å². The van der Waals surface area contributed by atoms with Gasteiger partial charge in [-0.05, 0) is 80.3 Å². The average molecular weight is 557 g/mol. The number of hydrogen-bond acceptors (Lipinski definition) is 7. The Kier molecular flexibility index (Phi) is 8.19. The molecule has 0 saturated carbocycles. The van der Waals surface area contributed by atoms with E-state index in [1.165, 1.54) is 7.11 Å². The predicted molar refractivity (Wildman–Crippen MR) is 153 cm³/mol. The number of ether oxygens (including phenoxy) is 3. The van der Waals surface area contributed by atoms with Crippen LogP contribution in [0.3, 0.4) is 0 Å². The number of carbonyl (C=O) groups is 3. The molecule has 0 bridgehead atoms. The number of benzene rings is 2. The maximum atomic E-state index is 13.2. The van der Waals surface area contributed by atoms with Crippen LogP contribution in [0.1, 0.15) is 51.4 Å². The van der Waals surface area contributed by atoms with E-state index in [-0.39, 0.29) is 17.5 Å². The maximum Gasteiger partial charge on any atom is 0.328 e. The second-order valence-electron chi connectivity index (χ2n) is 9.73. The van der Waals surface area contributed by atoms with Crippen LogP contribution < -0.4 is 14.8 Å². The molecule has 2 aliphatic rings. The number of hydrogen-bond donors (Lipinski definition) is 1. The quantitative estimate of drug-likeness (QED) is 0.432. The molecule has 3 heterocycles. The zero-order valence-electron chi connectivity index (χ0n) is 23.3. The Morgan fingerprint density at radius 1 is 0.976 bits per heavy atom. The van der Waals surface area contributed by atoms with E-state index in [1.807, 2.05) is 30.4 Å². The van der Waals surface area contributed by atoms with E-state index in [0.29, 0.717) is 42.1 Å². The lowest BCUT2D eigenvalue weighted by Crippen LogP contribution is -2.41. The Labute approximate surface area is 238 Å². The fourth-order valence-corrected chi connectivity index (χ4v) is 5.14. The Hall–Kier alpha value is -4.86. The molecule has 10 nitrogen and oxygen atoms in total. The summed E-state index contributed by atoms with van der Waals surface area (Å²) in [5.74, 6) is 0.196. The lowest BCUT2D eigenvalue weighted by Gasteiger charge is -2.22. The third kappa shape index (κ3) is 5.72. The molecule has 1 atom stereocenters. The van der Waals surface area contributed by atoms with Crippen LogP contribution >= 0.6 is 0 Å². The van der Waals surface area contributed by atoms with Crippen LogP contribution in [0.5, 0.6) is 11.5 Å². The normalized spacial score (nSPS) is 18.3. The third-order valence-corrected chi connectivity index (χ3v) is 7.26. The summed E-state index contributed by atoms with van der Waals surface area (Å²) in [6, 6.07) is 13.5. The van der Waals surface area contributed by atoms with Crippen molar-refractivity contribution in [2.75, 3.05) is 33.2 Å². The summed E-state index contributed by atoms with van der Waals surface area (Å²) < 4.78 is 17.5. The first-order valence-corrected chi connectivity index (χ1v) is 13.4. The molecule has 1 fully saturated rings. The summed E-state index contributed by atoms with van der Waals surface area (Å²) in [7, 11) is 4.50. The molecular weight excluding hydrogens is 524 g/mol. The van der Waals surface area contributed by atoms with E-state index in [9.17, 15) is 14.4 Å². The van der Waals surface area contributed by atoms with Crippen LogP contribution in [0.15, 0.2) is 66.8 Å². The fourth-order valence-electron chi connectivity index (χ4n) is 5.14. The Balaban J connectivity index is 1.34. The minimum Gasteiger partial charge on any atom is -0.493 e. The zero-order chi connectivity index (χ0) is 28.9. The maximum absolute atomic E-state index is 13.2. The predicted octanol–water partition coefficient (Wildman–Crippen LogP) is 4.32. The first kappa shape index (κ1) is 27.7. The monoisotopic (exact) mass is 556 g/mol. The third-order valence-electron chi connectivity index (χ3n) is 7.26. The highest BCUT2D eigenvalue weighted by Gasteiger charge is 2.35. The number of aromatic nitrogens is 2. The average Bonchev–Trinajstić information content (AvgIpc) is 3.64. The van der Waals surface area contributed by atoms with Crippen molar-refractivity contribution in [1.82, 2.24) is 14.7 Å². The number of amides is 2. The van der Waals surface area contributed by atoms with Crippen molar-refractivity contribution in [1.29, 1.82) is 0 Å². The second kappa shape index (κ2) is 12.1. The Bertz CT molecular complexity index is 1520. The van der Waals surface area contributed by atoms with Gasteiger partial charge in [-0.25, -0.2) is 9.48 Å². The fraction of sp³-hybridized carbons (Fsp3) is 0.290. The summed E-state index contributed by atoms with van der Waals surface area (Å²) in [4.78, 5) is 39.8. The van der Waals surface area contributed by atoms with Crippen molar-refractivity contribution in [3.63, 3.8) is 0 Å². The number of allylic oxidation sites excluding steroid dienone is 3. The highest BCUT2D eigenvalue weighted by Crippen LogP contribution is 2.32. The lowest BCUT2D eigenvalue weighted by molar-refractivity contribution is -0.145. The first-order chi connectivity index (χ1) is 19.9. The summed E-state index contributed by atoms with van der Waals surface area (Å²) >= 11 is 0. The molecule has 2 aliphatic heterocycles. The molecule has 41 heavy (non-hydrogen) atoms. The molecule has 2 aromatic carbocycles. The van der Waals surface area contributed by atoms with Crippen molar-refractivity contribution in [3.05, 3.63) is 89.3 Å². The number of rotatable bonds is 7. The summed E-state index contributed by atoms with van der Waals surface area (Å²) in [6.07, 6.45) is 8.87. The van der Waals surface area contributed by atoms with Gasteiger partial charge in [0, 0.05) is 29.1 Å². The number of aryl methyl sites for hydroxylation is 1. The topological polar surface area (TPSA) is 112 Å². The second-order valence-corrected chi connectivity index (χ2v) is 9.73. The molecule has 0 aliphatic carbocycles. The number of likely N-dealkylation sites (tertiary alicyclic amines) is 1. The van der Waals surface area contributed by atoms with Crippen molar-refractivity contribution in [3.8, 4) is 11.5 Å². The number of nitrogens with one attached hydrogen (secondary N) is 1. The van der Waals surface area contributed by atoms with Crippen LogP contribution in [-0.4, -0.2) is 66.4 Å². The number of carbonyl (C=O) groups excluding carboxylic acids is 3. The highest BCUT2D eigenvalue weighted by molar-refractivity contribution is 6.03. The molecule has 3 aromatic rings. The van der Waals surface area contributed by atoms with Gasteiger partial charge in [0.25, 0.3) is 11.8 Å². The summed E-state index contributed by atoms with van der Waals surface area (Å²) in [5, 5.41) is 7.53. The van der Waals surface area contributed by atoms with E-state index in [2.05, 4.69) is 16.5 Å². The molecule has 5 rings (SSSR count). The zero-order valence-corrected chi connectivity index (χ0v) is 23.3. The lowest BCUT2D eigenvalue weighted by atomic mass is 10.1. The van der Waals surface area contributed by atoms with E-state index < -0.39 is 12.0 Å². The van der Waals surface area contributed by atoms with Gasteiger partial charge in [-0.3, -0.25) is 9.59 Å². The van der Waals surface area contributed by atoms with Gasteiger partial charge in [0.2, 0.25) is 0 Å². The number of methoxy groups -OCH3 is 3. The van der Waals surface area contributed by atoms with Crippen LogP contribution in [0.2, 0.25) is 0 Å². The molecule has 212 valence electrons. The SMILES string of the molecule is COC(=O)[C@@H]1CCCN1C(=O)c1ccc(NC(=O)c2cc3n(n2)/C(c2ccc(OC)c(OC)c2)=C\C=C/CC3)cc1. The highest BCUT2D eigenvalue weighted by atomic mass is 16.5. The van der Waals surface area contributed by atoms with Gasteiger partial charge in [-0.2, -0.15) is 5.10 Å². The van der Waals surface area contributed by atoms with Crippen molar-refractivity contribution < 1.29 is 28.6 Å². The molecule has 2 amide bonds. The van der Waals surface area contributed by atoms with Gasteiger partial charge in [-0.15, -0.1) is 0 Å². The number of esters is 1. The molecule has 10 heteroatoms. The Morgan fingerprint density at radius 2 is 1.76 bits per heavy atom. The van der Waals surface area contributed by atoms with Gasteiger partial charge >= 0.3 is 5.97 Å². The molecule has 0 unspecified atom stereocenters. The smallest absolute Gasteiger partial charge is 0.328 e. The molecular formula is C31H32N4O6. The minimum absolute atomic E-state index is 0.243. The number of anilines is 1. The van der Waals surface area contributed by atoms with Gasteiger partial charge in [0.1, 0.15) is 6.04 Å². The van der Waals surface area contributed by atoms with E-state index in [0.717, 1.165) is 29.8 Å². The van der Waals surface area contributed by atoms with Crippen molar-refractivity contribution in [2.24, 2.45) is 0 Å². The Morgan fingerprint density at radius 3 is 2.49 bits per heavy atom. The van der Waals surface area contributed by atoms with E-state index in [1.54, 1.807) is 54.1 Å². The molecule has 0 radical (unpaired) electrons. The van der Waals surface area contributed by atoms with E-state index in [4.69, 9.17) is 14.2 Å². The summed E-state index contributed by atoms with van der Waals surface area (Å²) in [6.45, 7) is 0.497. The largest absolute Gasteiger partial charge is 0.493 e. The van der Waals surface area contributed by atoms with Crippen LogP contribution in [0.4, 0.5) is 5.69 Å². The van der Waals surface area contributed by atoms with Gasteiger partial charge in [0.05, 0.1) is 27.0 Å². The minimum atomic E-state index is -0.569. The van der Waals surface area contributed by atoms with Crippen molar-refractivity contribution in [2.45, 2.75) is 31.7 Å². The van der Waals surface area contributed by atoms with Gasteiger partial charge < -0.3 is 24.4 Å². The first-order valence-electron chi connectivity index (χ1n) is 13.4. The standard InChI is InChI=1S/C31H32N4O6/c1-39-27-16-13-21(18-28(27)40-2)25-9-6-4-5-8-23-19-24(33-35(23)25)29(36)32-22-14-11-20(12-15-22)30(37)34-17-7-10-26(34)31(38)41-3/h4,6,9,11-16,18-19,26H,5,7-8,10,17H2,1-3H3,(H,32,36)/b6-4-,25-9-/t26-/m0/s1. The van der Waals surface area contributed by atoms with E-state index >= 15 is 0 Å². The molecule has 1 N–H and O–H groups in total. The molecule has 1 aromatic heterocycles. The number of nitrogens with zero attached hydrogens (tertiary/aromatic N) is 3. The van der Waals surface area contributed by atoms with Crippen molar-refractivity contribution >= 4 is 29.2 Å². The van der Waals surface area contributed by atoms with Gasteiger partial charge in [-0.1, -0.05) is 12.2 Å². The van der Waals surface area contributed by atoms with Crippen LogP contribution in [0, 0.1) is 0 Å². The number of fused-ring (bicyclic) bond motifs is 1. The summed E-state index contributed by atoms with van der Waals surface area (Å²) in [5.41, 5.74) is 3.78. The molecule has 0 spiro atoms.